The van der Waals surface area contributed by atoms with Gasteiger partial charge in [-0.05, 0) is 19.2 Å². The van der Waals surface area contributed by atoms with Crippen LogP contribution in [-0.2, 0) is 0 Å². The van der Waals surface area contributed by atoms with Gasteiger partial charge in [-0.15, -0.1) is 0 Å². The molecule has 0 fully saturated rings. The Labute approximate surface area is 103 Å². The summed E-state index contributed by atoms with van der Waals surface area (Å²) in [7, 11) is 0. The maximum absolute atomic E-state index is 13.4. The van der Waals surface area contributed by atoms with Crippen molar-refractivity contribution in [3.05, 3.63) is 23.1 Å². The monoisotopic (exact) mass is 264 g/mol. The maximum atomic E-state index is 13.4. The Kier molecular flexibility index (Phi) is 5.31. The van der Waals surface area contributed by atoms with Gasteiger partial charge in [0, 0.05) is 17.5 Å². The van der Waals surface area contributed by atoms with Crippen LogP contribution in [0, 0.1) is 5.82 Å². The highest BCUT2D eigenvalue weighted by molar-refractivity contribution is 7.99. The van der Waals surface area contributed by atoms with Crippen molar-refractivity contribution < 1.29 is 9.50 Å². The van der Waals surface area contributed by atoms with E-state index >= 15 is 0 Å². The summed E-state index contributed by atoms with van der Waals surface area (Å²) in [5.41, 5.74) is 0. The lowest BCUT2D eigenvalue weighted by Gasteiger charge is -2.21. The Hall–Kier alpha value is -0.520. The van der Waals surface area contributed by atoms with Crippen LogP contribution in [0.4, 0.5) is 10.2 Å². The summed E-state index contributed by atoms with van der Waals surface area (Å²) in [5.74, 6) is -0.332. The number of nitrogens with zero attached hydrogens (tertiary/aromatic N) is 1. The summed E-state index contributed by atoms with van der Waals surface area (Å²) in [6.45, 7) is 1.90. The Balaban J connectivity index is 2.72. The third-order valence-corrected chi connectivity index (χ3v) is 3.58. The van der Waals surface area contributed by atoms with Crippen LogP contribution in [0.25, 0.3) is 0 Å². The molecule has 1 aromatic rings. The van der Waals surface area contributed by atoms with E-state index in [0.717, 1.165) is 0 Å². The zero-order valence-electron chi connectivity index (χ0n) is 9.08. The molecule has 2 N–H and O–H groups in total. The van der Waals surface area contributed by atoms with Gasteiger partial charge in [-0.2, -0.15) is 11.8 Å². The number of hydrogen-bond acceptors (Lipinski definition) is 4. The first kappa shape index (κ1) is 13.5. The van der Waals surface area contributed by atoms with Crippen molar-refractivity contribution in [2.45, 2.75) is 18.2 Å². The van der Waals surface area contributed by atoms with Gasteiger partial charge in [-0.3, -0.25) is 0 Å². The first-order valence-corrected chi connectivity index (χ1v) is 6.46. The number of aliphatic hydroxyl groups is 1. The molecule has 0 aliphatic rings. The van der Waals surface area contributed by atoms with Crippen molar-refractivity contribution >= 4 is 29.2 Å². The number of aliphatic hydroxyl groups excluding tert-OH is 1. The van der Waals surface area contributed by atoms with E-state index in [1.165, 1.54) is 24.0 Å². The van der Waals surface area contributed by atoms with Crippen LogP contribution in [0.1, 0.15) is 6.92 Å². The molecule has 0 amide bonds. The number of rotatable bonds is 5. The van der Waals surface area contributed by atoms with Gasteiger partial charge in [0.15, 0.2) is 11.6 Å². The normalized spacial score (nSPS) is 14.6. The van der Waals surface area contributed by atoms with Crippen LogP contribution in [0.3, 0.4) is 0 Å². The van der Waals surface area contributed by atoms with Gasteiger partial charge in [-0.1, -0.05) is 11.6 Å². The Morgan fingerprint density at radius 1 is 1.69 bits per heavy atom. The van der Waals surface area contributed by atoms with Crippen molar-refractivity contribution in [1.29, 1.82) is 0 Å². The molecular weight excluding hydrogens is 251 g/mol. The quantitative estimate of drug-likeness (QED) is 0.857. The summed E-state index contributed by atoms with van der Waals surface area (Å²) >= 11 is 7.11. The number of anilines is 1. The lowest BCUT2D eigenvalue weighted by atomic mass is 10.2. The summed E-state index contributed by atoms with van der Waals surface area (Å²) in [4.78, 5) is 3.86. The van der Waals surface area contributed by atoms with E-state index in [2.05, 4.69) is 10.3 Å². The van der Waals surface area contributed by atoms with Crippen LogP contribution in [0.5, 0.6) is 0 Å². The molecule has 0 saturated heterocycles. The third-order valence-electron chi connectivity index (χ3n) is 2.21. The molecule has 90 valence electrons. The van der Waals surface area contributed by atoms with Gasteiger partial charge in [0.2, 0.25) is 0 Å². The second-order valence-corrected chi connectivity index (χ2v) is 4.89. The molecular formula is C10H14ClFN2OS. The molecule has 1 aromatic heterocycles. The van der Waals surface area contributed by atoms with Crippen molar-refractivity contribution in [3.8, 4) is 0 Å². The van der Waals surface area contributed by atoms with Gasteiger partial charge in [0.25, 0.3) is 0 Å². The topological polar surface area (TPSA) is 45.1 Å². The predicted octanol–water partition coefficient (Wildman–Crippen LogP) is 2.40. The molecule has 6 heteroatoms. The summed E-state index contributed by atoms with van der Waals surface area (Å²) in [5, 5.41) is 12.3. The molecule has 16 heavy (non-hydrogen) atoms. The Morgan fingerprint density at radius 2 is 2.38 bits per heavy atom. The zero-order valence-corrected chi connectivity index (χ0v) is 10.6. The van der Waals surface area contributed by atoms with Gasteiger partial charge in [0.1, 0.15) is 0 Å². The van der Waals surface area contributed by atoms with E-state index in [4.69, 9.17) is 16.7 Å². The molecule has 3 nitrogen and oxygen atoms in total. The molecule has 0 saturated carbocycles. The summed E-state index contributed by atoms with van der Waals surface area (Å²) < 4.78 is 13.4. The van der Waals surface area contributed by atoms with Crippen molar-refractivity contribution in [1.82, 2.24) is 4.98 Å². The van der Waals surface area contributed by atoms with Crippen molar-refractivity contribution in [3.63, 3.8) is 0 Å². The molecule has 2 unspecified atom stereocenters. The first-order valence-electron chi connectivity index (χ1n) is 4.79. The average molecular weight is 265 g/mol. The fourth-order valence-corrected chi connectivity index (χ4v) is 2.04. The van der Waals surface area contributed by atoms with Crippen molar-refractivity contribution in [2.75, 3.05) is 18.2 Å². The first-order chi connectivity index (χ1) is 7.58. The minimum atomic E-state index is -0.489. The van der Waals surface area contributed by atoms with Gasteiger partial charge in [-0.25, -0.2) is 9.37 Å². The van der Waals surface area contributed by atoms with E-state index in [1.54, 1.807) is 0 Å². The smallest absolute Gasteiger partial charge is 0.166 e. The largest absolute Gasteiger partial charge is 0.395 e. The molecule has 1 rings (SSSR count). The number of halogens is 2. The van der Waals surface area contributed by atoms with Crippen molar-refractivity contribution in [2.24, 2.45) is 0 Å². The van der Waals surface area contributed by atoms with E-state index in [9.17, 15) is 4.39 Å². The van der Waals surface area contributed by atoms with Gasteiger partial charge in [0.05, 0.1) is 11.6 Å². The Bertz CT molecular complexity index is 350. The van der Waals surface area contributed by atoms with Crippen LogP contribution in [-0.4, -0.2) is 34.2 Å². The minimum absolute atomic E-state index is 0.00289. The SMILES string of the molecule is CSC(CO)C(C)Nc1ncc(Cl)cc1F. The fourth-order valence-electron chi connectivity index (χ4n) is 1.27. The second-order valence-electron chi connectivity index (χ2n) is 3.37. The van der Waals surface area contributed by atoms with E-state index in [1.807, 2.05) is 13.2 Å². The number of pyridine rings is 1. The molecule has 0 aliphatic carbocycles. The molecule has 0 bridgehead atoms. The van der Waals surface area contributed by atoms with E-state index in [0.29, 0.717) is 0 Å². The van der Waals surface area contributed by atoms with Gasteiger partial charge < -0.3 is 10.4 Å². The lowest BCUT2D eigenvalue weighted by Crippen LogP contribution is -2.31. The molecule has 2 atom stereocenters. The van der Waals surface area contributed by atoms with Crippen LogP contribution in [0.15, 0.2) is 12.3 Å². The molecule has 1 heterocycles. The zero-order chi connectivity index (χ0) is 12.1. The predicted molar refractivity (Wildman–Crippen MR) is 66.7 cm³/mol. The Morgan fingerprint density at radius 3 is 2.88 bits per heavy atom. The highest BCUT2D eigenvalue weighted by atomic mass is 35.5. The standard InChI is InChI=1S/C10H14ClFN2OS/c1-6(9(5-15)16-2)14-10-8(12)3-7(11)4-13-10/h3-4,6,9,15H,5H2,1-2H3,(H,13,14). The maximum Gasteiger partial charge on any atom is 0.166 e. The van der Waals surface area contributed by atoms with Crippen LogP contribution >= 0.6 is 23.4 Å². The van der Waals surface area contributed by atoms with Gasteiger partial charge >= 0.3 is 0 Å². The van der Waals surface area contributed by atoms with E-state index < -0.39 is 5.82 Å². The van der Waals surface area contributed by atoms with E-state index in [-0.39, 0.29) is 28.7 Å². The highest BCUT2D eigenvalue weighted by Gasteiger charge is 2.17. The number of nitrogens with one attached hydrogen (secondary N) is 1. The molecule has 0 aromatic carbocycles. The summed E-state index contributed by atoms with van der Waals surface area (Å²) in [6, 6.07) is 1.12. The van der Waals surface area contributed by atoms with Crippen LogP contribution in [0.2, 0.25) is 5.02 Å². The third kappa shape index (κ3) is 3.50. The van der Waals surface area contributed by atoms with Crippen LogP contribution < -0.4 is 5.32 Å². The lowest BCUT2D eigenvalue weighted by molar-refractivity contribution is 0.288. The molecule has 0 spiro atoms. The average Bonchev–Trinajstić information content (AvgIpc) is 2.24. The fraction of sp³-hybridized carbons (Fsp3) is 0.500. The number of hydrogen-bond donors (Lipinski definition) is 2. The number of thioether (sulfide) groups is 1. The second kappa shape index (κ2) is 6.27. The number of aromatic nitrogens is 1. The molecule has 0 radical (unpaired) electrons. The highest BCUT2D eigenvalue weighted by Crippen LogP contribution is 2.19. The minimum Gasteiger partial charge on any atom is -0.395 e. The summed E-state index contributed by atoms with van der Waals surface area (Å²) in [6.07, 6.45) is 3.28. The molecule has 0 aliphatic heterocycles.